The highest BCUT2D eigenvalue weighted by Gasteiger charge is 2.51. The normalized spacial score (nSPS) is 31.1. The molecule has 0 spiro atoms. The van der Waals surface area contributed by atoms with E-state index in [0.29, 0.717) is 6.42 Å². The van der Waals surface area contributed by atoms with Crippen LogP contribution in [0, 0.1) is 0 Å². The smallest absolute Gasteiger partial charge is 0.338 e. The second kappa shape index (κ2) is 5.71. The Balaban J connectivity index is 2.96. The molecule has 0 aromatic heterocycles. The summed E-state index contributed by atoms with van der Waals surface area (Å²) in [6.07, 6.45) is 2.89. The summed E-state index contributed by atoms with van der Waals surface area (Å²) >= 11 is 0. The lowest BCUT2D eigenvalue weighted by Crippen LogP contribution is -2.58. The van der Waals surface area contributed by atoms with Gasteiger partial charge in [-0.25, -0.2) is 4.79 Å². The lowest BCUT2D eigenvalue weighted by atomic mass is 9.82. The van der Waals surface area contributed by atoms with Crippen molar-refractivity contribution >= 4 is 14.0 Å². The first kappa shape index (κ1) is 15.7. The topological polar surface area (TPSA) is 55.8 Å². The third-order valence-corrected chi connectivity index (χ3v) is 6.59. The van der Waals surface area contributed by atoms with Gasteiger partial charge in [0.15, 0.2) is 5.60 Å². The fourth-order valence-electron chi connectivity index (χ4n) is 2.34. The van der Waals surface area contributed by atoms with E-state index in [4.69, 9.17) is 9.47 Å². The Bertz CT molecular complexity index is 300. The van der Waals surface area contributed by atoms with Crippen LogP contribution in [0.1, 0.15) is 32.6 Å². The summed E-state index contributed by atoms with van der Waals surface area (Å²) < 4.78 is 11.4. The van der Waals surface area contributed by atoms with Crippen LogP contribution in [0.5, 0.6) is 0 Å². The molecule has 1 aliphatic carbocycles. The van der Waals surface area contributed by atoms with Gasteiger partial charge < -0.3 is 14.6 Å². The molecule has 106 valence electrons. The molecular weight excluding hydrogens is 248 g/mol. The van der Waals surface area contributed by atoms with Gasteiger partial charge in [-0.05, 0) is 26.2 Å². The van der Waals surface area contributed by atoms with E-state index >= 15 is 0 Å². The summed E-state index contributed by atoms with van der Waals surface area (Å²) in [6.45, 7) is 8.58. The molecule has 0 radical (unpaired) electrons. The van der Waals surface area contributed by atoms with Gasteiger partial charge in [-0.2, -0.15) is 0 Å². The van der Waals surface area contributed by atoms with E-state index in [0.717, 1.165) is 19.3 Å². The number of hydrogen-bond acceptors (Lipinski definition) is 3. The summed E-state index contributed by atoms with van der Waals surface area (Å²) in [6, 6.07) is 0. The first-order chi connectivity index (χ1) is 8.24. The van der Waals surface area contributed by atoms with Crippen LogP contribution < -0.4 is 0 Å². The lowest BCUT2D eigenvalue weighted by molar-refractivity contribution is -0.198. The Hall–Kier alpha value is -0.393. The van der Waals surface area contributed by atoms with Crippen molar-refractivity contribution in [2.24, 2.45) is 0 Å². The summed E-state index contributed by atoms with van der Waals surface area (Å²) in [5, 5.41) is 9.62. The number of carbonyl (C=O) groups is 1. The maximum absolute atomic E-state index is 11.7. The van der Waals surface area contributed by atoms with Gasteiger partial charge >= 0.3 is 5.97 Å². The molecule has 18 heavy (non-hydrogen) atoms. The number of ether oxygens (including phenoxy) is 2. The number of aliphatic carboxylic acids is 1. The molecule has 0 aliphatic heterocycles. The van der Waals surface area contributed by atoms with Crippen LogP contribution in [-0.2, 0) is 14.3 Å². The quantitative estimate of drug-likeness (QED) is 0.783. The molecular formula is C13H26O4Si. The number of carboxylic acid groups (broad SMARTS) is 1. The molecule has 4 nitrogen and oxygen atoms in total. The van der Waals surface area contributed by atoms with Crippen molar-refractivity contribution in [2.75, 3.05) is 7.11 Å². The maximum atomic E-state index is 11.7. The first-order valence-corrected chi connectivity index (χ1v) is 10.3. The van der Waals surface area contributed by atoms with E-state index in [1.165, 1.54) is 0 Å². The largest absolute Gasteiger partial charge is 0.479 e. The Morgan fingerprint density at radius 3 is 2.44 bits per heavy atom. The fourth-order valence-corrected chi connectivity index (χ4v) is 2.91. The zero-order valence-electron chi connectivity index (χ0n) is 12.2. The molecule has 0 amide bonds. The number of hydrogen-bond donors (Lipinski definition) is 1. The van der Waals surface area contributed by atoms with Crippen LogP contribution in [0.4, 0.5) is 0 Å². The summed E-state index contributed by atoms with van der Waals surface area (Å²) in [5.74, 6) is -0.876. The zero-order valence-corrected chi connectivity index (χ0v) is 13.2. The van der Waals surface area contributed by atoms with Gasteiger partial charge in [0.25, 0.3) is 0 Å². The molecule has 1 aliphatic rings. The molecule has 0 saturated heterocycles. The first-order valence-electron chi connectivity index (χ1n) is 6.68. The molecule has 0 aromatic rings. The van der Waals surface area contributed by atoms with E-state index in [1.807, 2.05) is 6.92 Å². The average molecular weight is 274 g/mol. The predicted molar refractivity (Wildman–Crippen MR) is 73.5 cm³/mol. The van der Waals surface area contributed by atoms with Gasteiger partial charge in [-0.3, -0.25) is 0 Å². The van der Waals surface area contributed by atoms with Crippen molar-refractivity contribution in [3.05, 3.63) is 0 Å². The minimum Gasteiger partial charge on any atom is -0.479 e. The second-order valence-electron chi connectivity index (χ2n) is 6.29. The summed E-state index contributed by atoms with van der Waals surface area (Å²) in [5.41, 5.74) is -1.14. The fraction of sp³-hybridized carbons (Fsp3) is 0.923. The minimum atomic E-state index is -1.52. The van der Waals surface area contributed by atoms with Crippen molar-refractivity contribution in [3.63, 3.8) is 0 Å². The van der Waals surface area contributed by atoms with Crippen molar-refractivity contribution in [2.45, 2.75) is 69.7 Å². The van der Waals surface area contributed by atoms with Crippen LogP contribution in [-0.4, -0.2) is 43.7 Å². The van der Waals surface area contributed by atoms with Gasteiger partial charge in [-0.15, -0.1) is 0 Å². The minimum absolute atomic E-state index is 0.00403. The standard InChI is InChI=1S/C13H26O4Si/c1-10(18(3,4)5)17-13(12(14)15)9-7-6-8-11(13)16-2/h10-11H,6-9H2,1-5H3,(H,14,15). The van der Waals surface area contributed by atoms with E-state index in [-0.39, 0.29) is 11.8 Å². The molecule has 3 atom stereocenters. The Labute approximate surface area is 111 Å². The number of rotatable bonds is 5. The third-order valence-electron chi connectivity index (χ3n) is 4.04. The van der Waals surface area contributed by atoms with E-state index < -0.39 is 19.6 Å². The van der Waals surface area contributed by atoms with Crippen LogP contribution in [0.25, 0.3) is 0 Å². The molecule has 1 N–H and O–H groups in total. The average Bonchev–Trinajstić information content (AvgIpc) is 2.28. The SMILES string of the molecule is COC1CCCCC1(OC(C)[Si](C)(C)C)C(=O)O. The predicted octanol–water partition coefficient (Wildman–Crippen LogP) is 2.68. The van der Waals surface area contributed by atoms with Gasteiger partial charge in [-0.1, -0.05) is 26.1 Å². The van der Waals surface area contributed by atoms with Crippen molar-refractivity contribution in [1.29, 1.82) is 0 Å². The summed E-state index contributed by atoms with van der Waals surface area (Å²) in [7, 11) is 0.0587. The molecule has 0 aromatic carbocycles. The number of carboxylic acids is 1. The number of methoxy groups -OCH3 is 1. The highest BCUT2D eigenvalue weighted by molar-refractivity contribution is 6.77. The molecule has 1 saturated carbocycles. The highest BCUT2D eigenvalue weighted by Crippen LogP contribution is 2.36. The van der Waals surface area contributed by atoms with Crippen molar-refractivity contribution < 1.29 is 19.4 Å². The van der Waals surface area contributed by atoms with Gasteiger partial charge in [0.1, 0.15) is 0 Å². The van der Waals surface area contributed by atoms with Crippen LogP contribution >= 0.6 is 0 Å². The van der Waals surface area contributed by atoms with E-state index in [9.17, 15) is 9.90 Å². The highest BCUT2D eigenvalue weighted by atomic mass is 28.3. The van der Waals surface area contributed by atoms with Crippen LogP contribution in [0.3, 0.4) is 0 Å². The molecule has 1 fully saturated rings. The van der Waals surface area contributed by atoms with Crippen molar-refractivity contribution in [1.82, 2.24) is 0 Å². The lowest BCUT2D eigenvalue weighted by Gasteiger charge is -2.43. The van der Waals surface area contributed by atoms with Gasteiger partial charge in [0.2, 0.25) is 0 Å². The molecule has 5 heteroatoms. The molecule has 0 bridgehead atoms. The Kier molecular flexibility index (Phi) is 4.97. The van der Waals surface area contributed by atoms with E-state index in [2.05, 4.69) is 19.6 Å². The second-order valence-corrected chi connectivity index (χ2v) is 11.8. The molecule has 0 heterocycles. The monoisotopic (exact) mass is 274 g/mol. The Morgan fingerprint density at radius 2 is 2.00 bits per heavy atom. The maximum Gasteiger partial charge on any atom is 0.338 e. The Morgan fingerprint density at radius 1 is 1.39 bits per heavy atom. The molecule has 3 unspecified atom stereocenters. The zero-order chi connectivity index (χ0) is 14.0. The van der Waals surface area contributed by atoms with Crippen LogP contribution in [0.15, 0.2) is 0 Å². The van der Waals surface area contributed by atoms with Gasteiger partial charge in [0.05, 0.1) is 14.2 Å². The molecule has 1 rings (SSSR count). The van der Waals surface area contributed by atoms with E-state index in [1.54, 1.807) is 7.11 Å². The van der Waals surface area contributed by atoms with Gasteiger partial charge in [0, 0.05) is 12.8 Å². The third kappa shape index (κ3) is 3.13. The van der Waals surface area contributed by atoms with Crippen molar-refractivity contribution in [3.8, 4) is 0 Å². The van der Waals surface area contributed by atoms with Crippen LogP contribution in [0.2, 0.25) is 19.6 Å². The summed E-state index contributed by atoms with van der Waals surface area (Å²) in [4.78, 5) is 11.7.